The zero-order chi connectivity index (χ0) is 20.8. The zero-order valence-electron chi connectivity index (χ0n) is 18.2. The van der Waals surface area contributed by atoms with E-state index in [1.165, 1.54) is 11.1 Å². The molecule has 0 bridgehead atoms. The minimum atomic E-state index is -0.215. The molecular weight excluding hydrogens is 378 g/mol. The number of carbonyl (C=O) groups excluding carboxylic acids is 1. The first kappa shape index (κ1) is 21.1. The highest BCUT2D eigenvalue weighted by atomic mass is 16.5. The molecule has 7 heteroatoms. The Morgan fingerprint density at radius 3 is 2.63 bits per heavy atom. The lowest BCUT2D eigenvalue weighted by Crippen LogP contribution is -2.55. The second-order valence-electron chi connectivity index (χ2n) is 8.34. The third-order valence-corrected chi connectivity index (χ3v) is 6.32. The number of rotatable bonds is 5. The van der Waals surface area contributed by atoms with Crippen molar-refractivity contribution in [3.8, 4) is 0 Å². The fraction of sp³-hybridized carbons (Fsp3) is 0.652. The van der Waals surface area contributed by atoms with Gasteiger partial charge >= 0.3 is 0 Å². The van der Waals surface area contributed by atoms with Crippen LogP contribution in [0.25, 0.3) is 0 Å². The number of nitrogens with zero attached hydrogens (tertiary/aromatic N) is 4. The van der Waals surface area contributed by atoms with E-state index >= 15 is 0 Å². The molecule has 3 aliphatic rings. The van der Waals surface area contributed by atoms with E-state index in [-0.39, 0.29) is 12.0 Å². The normalized spacial score (nSPS) is 22.8. The molecule has 30 heavy (non-hydrogen) atoms. The Kier molecular flexibility index (Phi) is 7.23. The molecule has 1 aromatic rings. The minimum Gasteiger partial charge on any atom is -0.368 e. The van der Waals surface area contributed by atoms with Crippen LogP contribution in [0.1, 0.15) is 30.9 Å². The lowest BCUT2D eigenvalue weighted by molar-refractivity contribution is -0.142. The van der Waals surface area contributed by atoms with E-state index in [4.69, 9.17) is 9.73 Å². The molecule has 164 valence electrons. The van der Waals surface area contributed by atoms with E-state index < -0.39 is 0 Å². The van der Waals surface area contributed by atoms with E-state index in [9.17, 15) is 4.79 Å². The highest BCUT2D eigenvalue weighted by molar-refractivity contribution is 5.82. The molecule has 2 saturated heterocycles. The fourth-order valence-electron chi connectivity index (χ4n) is 4.58. The maximum absolute atomic E-state index is 12.6. The summed E-state index contributed by atoms with van der Waals surface area (Å²) < 4.78 is 5.57. The third-order valence-electron chi connectivity index (χ3n) is 6.32. The molecular formula is C23H35N5O2. The molecule has 0 spiro atoms. The zero-order valence-corrected chi connectivity index (χ0v) is 18.2. The number of fused-ring (bicyclic) bond motifs is 1. The first-order valence-corrected chi connectivity index (χ1v) is 11.5. The van der Waals surface area contributed by atoms with E-state index in [1.54, 1.807) is 0 Å². The van der Waals surface area contributed by atoms with Crippen molar-refractivity contribution in [2.75, 3.05) is 59.0 Å². The van der Waals surface area contributed by atoms with E-state index in [0.717, 1.165) is 90.7 Å². The summed E-state index contributed by atoms with van der Waals surface area (Å²) in [5, 5.41) is 3.43. The second kappa shape index (κ2) is 10.3. The molecule has 1 atom stereocenters. The maximum Gasteiger partial charge on any atom is 0.251 e. The summed E-state index contributed by atoms with van der Waals surface area (Å²) in [5.41, 5.74) is 2.94. The highest BCUT2D eigenvalue weighted by Crippen LogP contribution is 2.18. The molecule has 1 unspecified atom stereocenters. The van der Waals surface area contributed by atoms with Gasteiger partial charge in [-0.15, -0.1) is 0 Å². The van der Waals surface area contributed by atoms with Gasteiger partial charge in [0.1, 0.15) is 6.10 Å². The molecule has 4 rings (SSSR count). The number of aliphatic imine (C=N–C) groups is 1. The highest BCUT2D eigenvalue weighted by Gasteiger charge is 2.30. The van der Waals surface area contributed by atoms with Gasteiger partial charge in [-0.3, -0.25) is 14.7 Å². The molecule has 0 saturated carbocycles. The van der Waals surface area contributed by atoms with Crippen LogP contribution in [0.2, 0.25) is 0 Å². The van der Waals surface area contributed by atoms with Crippen LogP contribution in [0.3, 0.4) is 0 Å². The summed E-state index contributed by atoms with van der Waals surface area (Å²) in [7, 11) is 0. The van der Waals surface area contributed by atoms with Crippen molar-refractivity contribution in [1.29, 1.82) is 0 Å². The first-order chi connectivity index (χ1) is 14.7. The van der Waals surface area contributed by atoms with Crippen LogP contribution in [0.4, 0.5) is 0 Å². The second-order valence-corrected chi connectivity index (χ2v) is 8.34. The molecule has 0 radical (unpaired) electrons. The number of hydrogen-bond acceptors (Lipinski definition) is 4. The predicted molar refractivity (Wildman–Crippen MR) is 119 cm³/mol. The number of piperazine rings is 1. The summed E-state index contributed by atoms with van der Waals surface area (Å²) >= 11 is 0. The average molecular weight is 414 g/mol. The largest absolute Gasteiger partial charge is 0.368 e. The van der Waals surface area contributed by atoms with Crippen molar-refractivity contribution >= 4 is 11.9 Å². The molecule has 7 nitrogen and oxygen atoms in total. The third kappa shape index (κ3) is 5.13. The Balaban J connectivity index is 1.26. The van der Waals surface area contributed by atoms with Crippen LogP contribution in [-0.2, 0) is 22.5 Å². The van der Waals surface area contributed by atoms with Gasteiger partial charge in [0.25, 0.3) is 5.91 Å². The van der Waals surface area contributed by atoms with E-state index in [1.807, 2.05) is 4.90 Å². The smallest absolute Gasteiger partial charge is 0.251 e. The maximum atomic E-state index is 12.6. The van der Waals surface area contributed by atoms with Crippen molar-refractivity contribution in [3.63, 3.8) is 0 Å². The predicted octanol–water partition coefficient (Wildman–Crippen LogP) is 1.33. The van der Waals surface area contributed by atoms with Gasteiger partial charge in [-0.2, -0.15) is 0 Å². The number of hydrogen-bond donors (Lipinski definition) is 1. The van der Waals surface area contributed by atoms with Crippen LogP contribution < -0.4 is 5.32 Å². The Morgan fingerprint density at radius 2 is 1.90 bits per heavy atom. The van der Waals surface area contributed by atoms with Gasteiger partial charge in [-0.05, 0) is 37.3 Å². The van der Waals surface area contributed by atoms with Crippen LogP contribution >= 0.6 is 0 Å². The molecule has 2 fully saturated rings. The average Bonchev–Trinajstić information content (AvgIpc) is 3.33. The van der Waals surface area contributed by atoms with Gasteiger partial charge < -0.3 is 19.9 Å². The van der Waals surface area contributed by atoms with Crippen molar-refractivity contribution in [2.45, 2.75) is 38.8 Å². The summed E-state index contributed by atoms with van der Waals surface area (Å²) in [4.78, 5) is 24.2. The number of amides is 1. The Bertz CT molecular complexity index is 739. The van der Waals surface area contributed by atoms with Gasteiger partial charge in [0.05, 0.1) is 6.54 Å². The molecule has 1 aromatic carbocycles. The molecule has 1 N–H and O–H groups in total. The summed E-state index contributed by atoms with van der Waals surface area (Å²) in [6.07, 6.45) is 2.77. The van der Waals surface area contributed by atoms with Crippen LogP contribution in [-0.4, -0.2) is 91.6 Å². The molecule has 0 aliphatic carbocycles. The van der Waals surface area contributed by atoms with Crippen molar-refractivity contribution < 1.29 is 9.53 Å². The number of nitrogens with one attached hydrogen (secondary N) is 1. The van der Waals surface area contributed by atoms with Crippen molar-refractivity contribution in [3.05, 3.63) is 35.4 Å². The number of ether oxygens (including phenoxy) is 1. The molecule has 1 amide bonds. The Morgan fingerprint density at radius 1 is 1.13 bits per heavy atom. The monoisotopic (exact) mass is 413 g/mol. The molecule has 3 aliphatic heterocycles. The molecule has 0 aromatic heterocycles. The summed E-state index contributed by atoms with van der Waals surface area (Å²) in [6.45, 7) is 10.7. The topological polar surface area (TPSA) is 60.4 Å². The fourth-order valence-corrected chi connectivity index (χ4v) is 4.58. The lowest BCUT2D eigenvalue weighted by atomic mass is 10.00. The van der Waals surface area contributed by atoms with Gasteiger partial charge in [0.15, 0.2) is 5.96 Å². The van der Waals surface area contributed by atoms with Gasteiger partial charge in [0.2, 0.25) is 0 Å². The van der Waals surface area contributed by atoms with Crippen molar-refractivity contribution in [1.82, 2.24) is 20.0 Å². The SMILES string of the molecule is CCNC(=NCCN1CCc2ccccc2C1)N1CCN(C(=O)C2CCCO2)CC1. The first-order valence-electron chi connectivity index (χ1n) is 11.5. The van der Waals surface area contributed by atoms with E-state index in [0.29, 0.717) is 0 Å². The Labute approximate surface area is 180 Å². The summed E-state index contributed by atoms with van der Waals surface area (Å²) in [6, 6.07) is 8.76. The van der Waals surface area contributed by atoms with Crippen molar-refractivity contribution in [2.24, 2.45) is 4.99 Å². The number of guanidine groups is 1. The summed E-state index contributed by atoms with van der Waals surface area (Å²) in [5.74, 6) is 1.14. The van der Waals surface area contributed by atoms with E-state index in [2.05, 4.69) is 46.3 Å². The minimum absolute atomic E-state index is 0.166. The van der Waals surface area contributed by atoms with Gasteiger partial charge in [-0.1, -0.05) is 24.3 Å². The van der Waals surface area contributed by atoms with Crippen LogP contribution in [0.5, 0.6) is 0 Å². The standard InChI is InChI=1S/C23H35N5O2/c1-2-24-23(25-10-12-26-11-9-19-6-3-4-7-20(19)18-26)28-15-13-27(14-16-28)22(29)21-8-5-17-30-21/h3-4,6-7,21H,2,5,8-18H2,1H3,(H,24,25). The Hall–Kier alpha value is -2.12. The lowest BCUT2D eigenvalue weighted by Gasteiger charge is -2.37. The van der Waals surface area contributed by atoms with Crippen LogP contribution in [0.15, 0.2) is 29.3 Å². The van der Waals surface area contributed by atoms with Crippen LogP contribution in [0, 0.1) is 0 Å². The van der Waals surface area contributed by atoms with Gasteiger partial charge in [-0.25, -0.2) is 0 Å². The number of carbonyl (C=O) groups is 1. The quantitative estimate of drug-likeness (QED) is 0.583. The van der Waals surface area contributed by atoms with Gasteiger partial charge in [0, 0.05) is 59.0 Å². The number of benzene rings is 1. The molecule has 3 heterocycles.